The standard InChI is InChI=1S/C19H19N5O2S/c1-11-13(12(2)21-18(26)14(11)10-20)8-9-17(25)22-23-19-24(3)15-6-4-5-7-16(15)27-19/h4-7H,8-9H2,1-3H3,(H,21,26)(H,22,25)/b23-19+. The summed E-state index contributed by atoms with van der Waals surface area (Å²) in [6.45, 7) is 3.50. The van der Waals surface area contributed by atoms with Crippen molar-refractivity contribution < 1.29 is 4.79 Å². The first-order chi connectivity index (χ1) is 12.9. The maximum atomic E-state index is 12.2. The van der Waals surface area contributed by atoms with Gasteiger partial charge in [0.2, 0.25) is 10.7 Å². The Bertz CT molecular complexity index is 1190. The van der Waals surface area contributed by atoms with Gasteiger partial charge in [0, 0.05) is 19.2 Å². The number of para-hydroxylation sites is 1. The van der Waals surface area contributed by atoms with Gasteiger partial charge in [0.1, 0.15) is 11.6 Å². The van der Waals surface area contributed by atoms with Crippen LogP contribution in [0.15, 0.2) is 34.2 Å². The maximum Gasteiger partial charge on any atom is 0.266 e. The van der Waals surface area contributed by atoms with Crippen LogP contribution in [0.25, 0.3) is 10.2 Å². The molecule has 2 N–H and O–H groups in total. The average molecular weight is 381 g/mol. The van der Waals surface area contributed by atoms with E-state index in [1.807, 2.05) is 41.9 Å². The molecule has 0 radical (unpaired) electrons. The van der Waals surface area contributed by atoms with Gasteiger partial charge in [-0.3, -0.25) is 9.59 Å². The van der Waals surface area contributed by atoms with E-state index in [0.29, 0.717) is 22.5 Å². The molecule has 2 aromatic heterocycles. The third-order valence-corrected chi connectivity index (χ3v) is 5.63. The summed E-state index contributed by atoms with van der Waals surface area (Å²) in [6.07, 6.45) is 0.625. The summed E-state index contributed by atoms with van der Waals surface area (Å²) in [6, 6.07) is 9.85. The molecule has 0 bridgehead atoms. The fourth-order valence-electron chi connectivity index (χ4n) is 3.01. The summed E-state index contributed by atoms with van der Waals surface area (Å²) in [5, 5.41) is 13.3. The van der Waals surface area contributed by atoms with Crippen molar-refractivity contribution in [3.8, 4) is 6.07 Å². The quantitative estimate of drug-likeness (QED) is 0.675. The number of nitriles is 1. The summed E-state index contributed by atoms with van der Waals surface area (Å²) in [7, 11) is 1.90. The monoisotopic (exact) mass is 381 g/mol. The van der Waals surface area contributed by atoms with E-state index in [1.54, 1.807) is 13.8 Å². The van der Waals surface area contributed by atoms with Gasteiger partial charge in [0.15, 0.2) is 0 Å². The number of carbonyl (C=O) groups excluding carboxylic acids is 1. The van der Waals surface area contributed by atoms with Gasteiger partial charge in [-0.15, -0.1) is 5.10 Å². The molecule has 0 saturated heterocycles. The highest BCUT2D eigenvalue weighted by Gasteiger charge is 2.13. The number of amides is 1. The number of nitrogens with zero attached hydrogens (tertiary/aromatic N) is 3. The molecule has 1 aromatic carbocycles. The van der Waals surface area contributed by atoms with Crippen molar-refractivity contribution in [1.82, 2.24) is 15.0 Å². The zero-order valence-electron chi connectivity index (χ0n) is 15.3. The van der Waals surface area contributed by atoms with Gasteiger partial charge in [0.25, 0.3) is 5.56 Å². The number of thiazole rings is 1. The van der Waals surface area contributed by atoms with Crippen molar-refractivity contribution in [2.45, 2.75) is 26.7 Å². The van der Waals surface area contributed by atoms with Gasteiger partial charge in [-0.05, 0) is 43.5 Å². The molecule has 8 heteroatoms. The minimum Gasteiger partial charge on any atom is -0.325 e. The van der Waals surface area contributed by atoms with Gasteiger partial charge in [0.05, 0.1) is 10.2 Å². The van der Waals surface area contributed by atoms with E-state index in [0.717, 1.165) is 15.8 Å². The van der Waals surface area contributed by atoms with E-state index in [2.05, 4.69) is 15.5 Å². The van der Waals surface area contributed by atoms with Crippen LogP contribution < -0.4 is 15.8 Å². The molecule has 3 rings (SSSR count). The molecule has 2 heterocycles. The van der Waals surface area contributed by atoms with Gasteiger partial charge in [-0.1, -0.05) is 23.5 Å². The van der Waals surface area contributed by atoms with Gasteiger partial charge < -0.3 is 9.55 Å². The van der Waals surface area contributed by atoms with Crippen LogP contribution in [0.4, 0.5) is 0 Å². The molecule has 7 nitrogen and oxygen atoms in total. The highest BCUT2D eigenvalue weighted by molar-refractivity contribution is 7.16. The van der Waals surface area contributed by atoms with Gasteiger partial charge in [-0.2, -0.15) is 5.26 Å². The van der Waals surface area contributed by atoms with Crippen molar-refractivity contribution in [2.24, 2.45) is 12.1 Å². The zero-order valence-corrected chi connectivity index (χ0v) is 16.1. The largest absolute Gasteiger partial charge is 0.325 e. The molecular formula is C19H19N5O2S. The summed E-state index contributed by atoms with van der Waals surface area (Å²) >= 11 is 1.50. The minimum atomic E-state index is -0.395. The van der Waals surface area contributed by atoms with Crippen molar-refractivity contribution in [3.05, 3.63) is 61.8 Å². The van der Waals surface area contributed by atoms with E-state index in [-0.39, 0.29) is 17.9 Å². The lowest BCUT2D eigenvalue weighted by molar-refractivity contribution is -0.121. The van der Waals surface area contributed by atoms with E-state index in [1.165, 1.54) is 11.3 Å². The third kappa shape index (κ3) is 3.68. The second-order valence-corrected chi connectivity index (χ2v) is 7.24. The topological polar surface area (TPSA) is 103 Å². The lowest BCUT2D eigenvalue weighted by Crippen LogP contribution is -2.24. The maximum absolute atomic E-state index is 12.2. The Kier molecular flexibility index (Phi) is 5.23. The van der Waals surface area contributed by atoms with E-state index >= 15 is 0 Å². The highest BCUT2D eigenvalue weighted by Crippen LogP contribution is 2.16. The van der Waals surface area contributed by atoms with Gasteiger partial charge in [-0.25, -0.2) is 5.43 Å². The van der Waals surface area contributed by atoms with Crippen LogP contribution in [-0.2, 0) is 18.3 Å². The predicted molar refractivity (Wildman–Crippen MR) is 104 cm³/mol. The highest BCUT2D eigenvalue weighted by atomic mass is 32.1. The van der Waals surface area contributed by atoms with E-state index in [4.69, 9.17) is 5.26 Å². The van der Waals surface area contributed by atoms with Crippen LogP contribution in [-0.4, -0.2) is 15.5 Å². The summed E-state index contributed by atoms with van der Waals surface area (Å²) in [5.74, 6) is -0.226. The van der Waals surface area contributed by atoms with Gasteiger partial charge >= 0.3 is 0 Å². The number of pyridine rings is 1. The predicted octanol–water partition coefficient (Wildman–Crippen LogP) is 1.98. The normalized spacial score (nSPS) is 11.6. The number of hydrogen-bond acceptors (Lipinski definition) is 5. The molecule has 0 aliphatic rings. The number of aryl methyl sites for hydroxylation is 2. The third-order valence-electron chi connectivity index (χ3n) is 4.51. The fraction of sp³-hybridized carbons (Fsp3) is 0.263. The number of hydrogen-bond donors (Lipinski definition) is 2. The number of carbonyl (C=O) groups is 1. The first-order valence-corrected chi connectivity index (χ1v) is 9.23. The zero-order chi connectivity index (χ0) is 19.6. The van der Waals surface area contributed by atoms with E-state index < -0.39 is 5.56 Å². The van der Waals surface area contributed by atoms with Crippen LogP contribution >= 0.6 is 11.3 Å². The minimum absolute atomic E-state index is 0.0954. The fourth-order valence-corrected chi connectivity index (χ4v) is 3.99. The second-order valence-electron chi connectivity index (χ2n) is 6.23. The SMILES string of the molecule is Cc1[nH]c(=O)c(C#N)c(C)c1CCC(=O)N/N=c1/sc2ccccc2n1C. The van der Waals surface area contributed by atoms with Crippen molar-refractivity contribution in [3.63, 3.8) is 0 Å². The summed E-state index contributed by atoms with van der Waals surface area (Å²) < 4.78 is 3.02. The molecule has 138 valence electrons. The Balaban J connectivity index is 1.75. The van der Waals surface area contributed by atoms with Crippen molar-refractivity contribution in [1.29, 1.82) is 5.26 Å². The van der Waals surface area contributed by atoms with Crippen LogP contribution in [0.2, 0.25) is 0 Å². The number of aromatic nitrogens is 2. The first-order valence-electron chi connectivity index (χ1n) is 8.42. The van der Waals surface area contributed by atoms with Crippen LogP contribution in [0, 0.1) is 25.2 Å². The second kappa shape index (κ2) is 7.60. The lowest BCUT2D eigenvalue weighted by atomic mass is 9.99. The molecule has 0 aliphatic heterocycles. The number of benzene rings is 1. The first kappa shape index (κ1) is 18.6. The number of nitrogens with one attached hydrogen (secondary N) is 2. The van der Waals surface area contributed by atoms with Crippen LogP contribution in [0.5, 0.6) is 0 Å². The summed E-state index contributed by atoms with van der Waals surface area (Å²) in [4.78, 5) is 27.4. The van der Waals surface area contributed by atoms with Crippen LogP contribution in [0.1, 0.15) is 28.8 Å². The molecular weight excluding hydrogens is 362 g/mol. The molecule has 0 atom stereocenters. The summed E-state index contributed by atoms with van der Waals surface area (Å²) in [5.41, 5.74) is 5.46. The Morgan fingerprint density at radius 1 is 1.37 bits per heavy atom. The molecule has 0 aliphatic carbocycles. The number of rotatable bonds is 4. The average Bonchev–Trinajstić information content (AvgIpc) is 2.96. The molecule has 1 amide bonds. The molecule has 0 spiro atoms. The lowest BCUT2D eigenvalue weighted by Gasteiger charge is -2.10. The Hall–Kier alpha value is -3.18. The number of H-pyrrole nitrogens is 1. The van der Waals surface area contributed by atoms with Crippen molar-refractivity contribution in [2.75, 3.05) is 0 Å². The molecule has 3 aromatic rings. The van der Waals surface area contributed by atoms with Crippen LogP contribution in [0.3, 0.4) is 0 Å². The molecule has 0 fully saturated rings. The molecule has 27 heavy (non-hydrogen) atoms. The smallest absolute Gasteiger partial charge is 0.266 e. The Morgan fingerprint density at radius 3 is 2.81 bits per heavy atom. The Morgan fingerprint density at radius 2 is 2.11 bits per heavy atom. The van der Waals surface area contributed by atoms with Crippen molar-refractivity contribution >= 4 is 27.5 Å². The Labute approximate surface area is 159 Å². The number of aromatic amines is 1. The number of fused-ring (bicyclic) bond motifs is 1. The van der Waals surface area contributed by atoms with E-state index in [9.17, 15) is 9.59 Å². The molecule has 0 unspecified atom stereocenters. The molecule has 0 saturated carbocycles.